The lowest BCUT2D eigenvalue weighted by atomic mass is 10.4. The van der Waals surface area contributed by atoms with Gasteiger partial charge in [0.25, 0.3) is 0 Å². The fourth-order valence-electron chi connectivity index (χ4n) is 1.60. The lowest BCUT2D eigenvalue weighted by Gasteiger charge is -2.16. The van der Waals surface area contributed by atoms with Gasteiger partial charge in [-0.25, -0.2) is 0 Å². The van der Waals surface area contributed by atoms with Crippen LogP contribution in [0.5, 0.6) is 0 Å². The Balaban J connectivity index is 2.44. The van der Waals surface area contributed by atoms with E-state index in [9.17, 15) is 5.11 Å². The summed E-state index contributed by atoms with van der Waals surface area (Å²) in [5.74, 6) is 0. The predicted molar refractivity (Wildman–Crippen MR) is 70.8 cm³/mol. The first-order valence-electron chi connectivity index (χ1n) is 5.07. The van der Waals surface area contributed by atoms with Crippen LogP contribution in [0.25, 0.3) is 0 Å². The molecule has 0 saturated heterocycles. The molecular weight excluding hydrogens is 215 g/mol. The molecule has 0 aliphatic rings. The second-order valence-electron chi connectivity index (χ2n) is 3.42. The molecule has 0 amide bonds. The molecule has 2 aromatic carbocycles. The number of aliphatic hydroxyl groups excluding tert-OH is 1. The largest absolute Gasteiger partial charge is 0.508 e. The van der Waals surface area contributed by atoms with Crippen molar-refractivity contribution in [3.05, 3.63) is 72.7 Å². The van der Waals surface area contributed by atoms with Crippen LogP contribution in [0.2, 0.25) is 0 Å². The van der Waals surface area contributed by atoms with Crippen molar-refractivity contribution in [3.63, 3.8) is 0 Å². The maximum atomic E-state index is 9.75. The molecular formula is C14H13OP. The van der Waals surface area contributed by atoms with Gasteiger partial charge >= 0.3 is 0 Å². The second kappa shape index (κ2) is 4.96. The van der Waals surface area contributed by atoms with Crippen molar-refractivity contribution >= 4 is 18.5 Å². The van der Waals surface area contributed by atoms with Crippen LogP contribution in [0.15, 0.2) is 72.7 Å². The van der Waals surface area contributed by atoms with Gasteiger partial charge in [0.15, 0.2) is 0 Å². The summed E-state index contributed by atoms with van der Waals surface area (Å²) in [6.07, 6.45) is 0. The van der Waals surface area contributed by atoms with E-state index in [4.69, 9.17) is 0 Å². The number of benzene rings is 2. The van der Waals surface area contributed by atoms with E-state index in [-0.39, 0.29) is 5.50 Å². The molecule has 0 aliphatic carbocycles. The van der Waals surface area contributed by atoms with Crippen LogP contribution < -0.4 is 10.6 Å². The van der Waals surface area contributed by atoms with Gasteiger partial charge in [0.05, 0.1) is 0 Å². The second-order valence-corrected chi connectivity index (χ2v) is 5.64. The molecule has 1 N–H and O–H groups in total. The molecule has 0 atom stereocenters. The zero-order valence-corrected chi connectivity index (χ0v) is 9.77. The molecule has 0 fully saturated rings. The Labute approximate surface area is 96.8 Å². The van der Waals surface area contributed by atoms with Crippen LogP contribution in [-0.2, 0) is 0 Å². The van der Waals surface area contributed by atoms with Gasteiger partial charge in [-0.15, -0.1) is 0 Å². The Bertz CT molecular complexity index is 425. The molecule has 0 radical (unpaired) electrons. The van der Waals surface area contributed by atoms with Crippen molar-refractivity contribution in [3.8, 4) is 0 Å². The van der Waals surface area contributed by atoms with Crippen molar-refractivity contribution in [1.29, 1.82) is 0 Å². The van der Waals surface area contributed by atoms with Crippen LogP contribution >= 0.6 is 7.92 Å². The summed E-state index contributed by atoms with van der Waals surface area (Å²) in [5, 5.41) is 12.0. The summed E-state index contributed by atoms with van der Waals surface area (Å²) >= 11 is 0. The first kappa shape index (κ1) is 10.9. The van der Waals surface area contributed by atoms with E-state index in [1.54, 1.807) is 0 Å². The Morgan fingerprint density at radius 3 is 1.50 bits per heavy atom. The Morgan fingerprint density at radius 2 is 1.19 bits per heavy atom. The molecule has 2 rings (SSSR count). The van der Waals surface area contributed by atoms with Crippen molar-refractivity contribution < 1.29 is 5.11 Å². The van der Waals surface area contributed by atoms with Gasteiger partial charge in [-0.05, 0) is 10.6 Å². The first-order valence-corrected chi connectivity index (χ1v) is 6.41. The third-order valence-electron chi connectivity index (χ3n) is 2.29. The molecule has 0 unspecified atom stereocenters. The quantitative estimate of drug-likeness (QED) is 0.632. The van der Waals surface area contributed by atoms with Gasteiger partial charge in [0.2, 0.25) is 0 Å². The maximum absolute atomic E-state index is 9.75. The van der Waals surface area contributed by atoms with Crippen molar-refractivity contribution in [2.45, 2.75) is 0 Å². The summed E-state index contributed by atoms with van der Waals surface area (Å²) < 4.78 is 0. The van der Waals surface area contributed by atoms with E-state index < -0.39 is 7.92 Å². The monoisotopic (exact) mass is 228 g/mol. The smallest absolute Gasteiger partial charge is 0.116 e. The van der Waals surface area contributed by atoms with Gasteiger partial charge in [-0.2, -0.15) is 0 Å². The van der Waals surface area contributed by atoms with Crippen molar-refractivity contribution in [2.24, 2.45) is 0 Å². The zero-order valence-electron chi connectivity index (χ0n) is 8.88. The van der Waals surface area contributed by atoms with E-state index in [1.165, 1.54) is 0 Å². The molecule has 0 heterocycles. The van der Waals surface area contributed by atoms with Crippen LogP contribution in [-0.4, -0.2) is 5.11 Å². The van der Waals surface area contributed by atoms with E-state index >= 15 is 0 Å². The maximum Gasteiger partial charge on any atom is 0.116 e. The number of rotatable bonds is 3. The Kier molecular flexibility index (Phi) is 3.38. The molecule has 0 saturated carbocycles. The fourth-order valence-corrected chi connectivity index (χ4v) is 3.44. The number of hydrogen-bond donors (Lipinski definition) is 1. The average molecular weight is 228 g/mol. The standard InChI is InChI=1S/C14H13OP/c1-12(15)16(13-8-4-2-5-9-13)14-10-6-3-7-11-14/h2-11,15H,1H2. The van der Waals surface area contributed by atoms with E-state index in [0.29, 0.717) is 0 Å². The molecule has 2 heteroatoms. The van der Waals surface area contributed by atoms with Gasteiger partial charge < -0.3 is 5.11 Å². The molecule has 0 aliphatic heterocycles. The highest BCUT2D eigenvalue weighted by Crippen LogP contribution is 2.39. The summed E-state index contributed by atoms with van der Waals surface area (Å²) in [6.45, 7) is 3.69. The predicted octanol–water partition coefficient (Wildman–Crippen LogP) is 3.15. The first-order chi connectivity index (χ1) is 7.79. The van der Waals surface area contributed by atoms with Crippen LogP contribution in [0.4, 0.5) is 0 Å². The highest BCUT2D eigenvalue weighted by atomic mass is 31.1. The van der Waals surface area contributed by atoms with Crippen molar-refractivity contribution in [2.75, 3.05) is 0 Å². The summed E-state index contributed by atoms with van der Waals surface area (Å²) in [5.41, 5.74) is 0.243. The highest BCUT2D eigenvalue weighted by Gasteiger charge is 2.15. The Hall–Kier alpha value is -1.59. The lowest BCUT2D eigenvalue weighted by molar-refractivity contribution is 0.457. The zero-order chi connectivity index (χ0) is 11.4. The van der Waals surface area contributed by atoms with E-state index in [1.807, 2.05) is 60.7 Å². The summed E-state index contributed by atoms with van der Waals surface area (Å²) in [7, 11) is -0.849. The van der Waals surface area contributed by atoms with Crippen LogP contribution in [0.1, 0.15) is 0 Å². The van der Waals surface area contributed by atoms with Gasteiger partial charge in [-0.1, -0.05) is 67.2 Å². The SMILES string of the molecule is C=C(O)P(c1ccccc1)c1ccccc1. The summed E-state index contributed by atoms with van der Waals surface area (Å²) in [4.78, 5) is 0. The fraction of sp³-hybridized carbons (Fsp3) is 0. The third-order valence-corrected chi connectivity index (χ3v) is 4.43. The van der Waals surface area contributed by atoms with Gasteiger partial charge in [0, 0.05) is 7.92 Å². The normalized spacial score (nSPS) is 10.3. The van der Waals surface area contributed by atoms with E-state index in [2.05, 4.69) is 6.58 Å². The minimum Gasteiger partial charge on any atom is -0.508 e. The van der Waals surface area contributed by atoms with Crippen LogP contribution in [0.3, 0.4) is 0 Å². The molecule has 16 heavy (non-hydrogen) atoms. The topological polar surface area (TPSA) is 20.2 Å². The highest BCUT2D eigenvalue weighted by molar-refractivity contribution is 7.76. The summed E-state index contributed by atoms with van der Waals surface area (Å²) in [6, 6.07) is 20.0. The van der Waals surface area contributed by atoms with Crippen LogP contribution in [0, 0.1) is 0 Å². The minimum atomic E-state index is -0.849. The average Bonchev–Trinajstić information content (AvgIpc) is 2.31. The molecule has 80 valence electrons. The minimum absolute atomic E-state index is 0.243. The van der Waals surface area contributed by atoms with Crippen molar-refractivity contribution in [1.82, 2.24) is 0 Å². The number of aliphatic hydroxyl groups is 1. The van der Waals surface area contributed by atoms with E-state index in [0.717, 1.165) is 10.6 Å². The molecule has 0 bridgehead atoms. The molecule has 0 spiro atoms. The Morgan fingerprint density at radius 1 is 0.812 bits per heavy atom. The van der Waals surface area contributed by atoms with Gasteiger partial charge in [0.1, 0.15) is 5.50 Å². The molecule has 2 aromatic rings. The third kappa shape index (κ3) is 2.32. The van der Waals surface area contributed by atoms with Gasteiger partial charge in [-0.3, -0.25) is 0 Å². The molecule has 0 aromatic heterocycles. The molecule has 1 nitrogen and oxygen atoms in total. The lowest BCUT2D eigenvalue weighted by Crippen LogP contribution is -2.12. The number of hydrogen-bond acceptors (Lipinski definition) is 1.